The SMILES string of the molecule is COc1cc(Oc2ccc(C3NC(=O)[C@H](NC(=O)OC(C)(C)C)CCCCC/C=C/CCCS(=O)(=O)NC(=O)c4ccccc4NC3=O)cc2)nc(-c2ccccc2)n1. The molecule has 1 aliphatic rings. The zero-order valence-electron chi connectivity index (χ0n) is 33.5. The van der Waals surface area contributed by atoms with Crippen molar-refractivity contribution < 1.29 is 41.8 Å². The van der Waals surface area contributed by atoms with Crippen molar-refractivity contribution in [3.63, 3.8) is 0 Å². The number of carbonyl (C=O) groups excluding carboxylic acids is 4. The third-order valence-electron chi connectivity index (χ3n) is 8.90. The summed E-state index contributed by atoms with van der Waals surface area (Å²) in [5.74, 6) is -1.41. The summed E-state index contributed by atoms with van der Waals surface area (Å²) in [5, 5.41) is 8.17. The molecule has 0 bridgehead atoms. The molecular weight excluding hydrogens is 777 g/mol. The molecule has 3 aromatic carbocycles. The molecule has 1 aromatic heterocycles. The summed E-state index contributed by atoms with van der Waals surface area (Å²) in [4.78, 5) is 63.5. The molecule has 16 heteroatoms. The predicted octanol–water partition coefficient (Wildman–Crippen LogP) is 6.99. The van der Waals surface area contributed by atoms with Gasteiger partial charge >= 0.3 is 6.09 Å². The third kappa shape index (κ3) is 13.7. The Morgan fingerprint density at radius 2 is 1.49 bits per heavy atom. The van der Waals surface area contributed by atoms with Gasteiger partial charge in [0.05, 0.1) is 30.2 Å². The first-order valence-corrected chi connectivity index (χ1v) is 21.0. The summed E-state index contributed by atoms with van der Waals surface area (Å²) in [6.45, 7) is 5.13. The van der Waals surface area contributed by atoms with Gasteiger partial charge in [-0.25, -0.2) is 17.9 Å². The molecule has 1 aliphatic heterocycles. The van der Waals surface area contributed by atoms with Crippen molar-refractivity contribution in [3.8, 4) is 28.9 Å². The molecule has 0 radical (unpaired) electrons. The number of hydrogen-bond acceptors (Lipinski definition) is 11. The number of allylic oxidation sites excluding steroid dienone is 2. The van der Waals surface area contributed by atoms with Gasteiger partial charge in [-0.05, 0) is 82.7 Å². The highest BCUT2D eigenvalue weighted by atomic mass is 32.2. The van der Waals surface area contributed by atoms with Crippen LogP contribution >= 0.6 is 0 Å². The van der Waals surface area contributed by atoms with Crippen molar-refractivity contribution in [2.75, 3.05) is 18.2 Å². The second-order valence-corrected chi connectivity index (χ2v) is 16.6. The van der Waals surface area contributed by atoms with Crippen LogP contribution in [0.2, 0.25) is 0 Å². The van der Waals surface area contributed by atoms with Crippen molar-refractivity contribution in [2.45, 2.75) is 83.4 Å². The number of methoxy groups -OCH3 is 1. The Labute approximate surface area is 344 Å². The fourth-order valence-electron chi connectivity index (χ4n) is 6.04. The molecule has 0 spiro atoms. The predicted molar refractivity (Wildman–Crippen MR) is 222 cm³/mol. The maximum Gasteiger partial charge on any atom is 0.408 e. The van der Waals surface area contributed by atoms with Gasteiger partial charge in [0.2, 0.25) is 27.7 Å². The van der Waals surface area contributed by atoms with Crippen LogP contribution in [0.25, 0.3) is 11.4 Å². The van der Waals surface area contributed by atoms with Crippen LogP contribution in [0.1, 0.15) is 87.7 Å². The molecule has 59 heavy (non-hydrogen) atoms. The number of anilines is 1. The standard InChI is InChI=1S/C43H50N6O9S/c1-43(2,3)58-42(53)45-34-22-14-9-7-5-6-8-10-17-27-59(54,55)49-39(50)32-20-15-16-21-33(32)44-41(52)37(48-40(34)51)29-23-25-31(26-24-29)57-36-28-35(56-4)46-38(47-36)30-18-12-11-13-19-30/h6,8,11-13,15-16,18-21,23-26,28,34,37H,5,7,9-10,14,17,22,27H2,1-4H3,(H,44,52)(H,45,53)(H,48,51)(H,49,50)/b8-6+/t34-,37?/m1/s1. The van der Waals surface area contributed by atoms with Crippen LogP contribution in [0.4, 0.5) is 10.5 Å². The molecule has 2 heterocycles. The molecule has 4 amide bonds. The van der Waals surface area contributed by atoms with Gasteiger partial charge < -0.3 is 30.2 Å². The summed E-state index contributed by atoms with van der Waals surface area (Å²) >= 11 is 0. The van der Waals surface area contributed by atoms with E-state index < -0.39 is 51.5 Å². The third-order valence-corrected chi connectivity index (χ3v) is 10.2. The topological polar surface area (TPSA) is 204 Å². The molecule has 312 valence electrons. The molecule has 15 nitrogen and oxygen atoms in total. The number of para-hydroxylation sites is 1. The van der Waals surface area contributed by atoms with Gasteiger partial charge in [-0.15, -0.1) is 0 Å². The minimum absolute atomic E-state index is 0.00795. The van der Waals surface area contributed by atoms with E-state index in [1.54, 1.807) is 51.1 Å². The quantitative estimate of drug-likeness (QED) is 0.146. The second-order valence-electron chi connectivity index (χ2n) is 14.8. The van der Waals surface area contributed by atoms with Crippen molar-refractivity contribution in [1.29, 1.82) is 0 Å². The number of fused-ring (bicyclic) bond motifs is 1. The fraction of sp³-hybridized carbons (Fsp3) is 0.349. The lowest BCUT2D eigenvalue weighted by Crippen LogP contribution is -2.50. The van der Waals surface area contributed by atoms with Gasteiger partial charge in [0.15, 0.2) is 5.82 Å². The number of ether oxygens (including phenoxy) is 3. The van der Waals surface area contributed by atoms with Crippen LogP contribution in [-0.2, 0) is 24.3 Å². The number of nitrogens with one attached hydrogen (secondary N) is 4. The number of nitrogens with zero attached hydrogens (tertiary/aromatic N) is 2. The van der Waals surface area contributed by atoms with Crippen molar-refractivity contribution in [2.24, 2.45) is 0 Å². The van der Waals surface area contributed by atoms with E-state index in [-0.39, 0.29) is 35.2 Å². The monoisotopic (exact) mass is 826 g/mol. The van der Waals surface area contributed by atoms with Gasteiger partial charge in [0.1, 0.15) is 23.4 Å². The number of amides is 4. The molecule has 1 unspecified atom stereocenters. The molecule has 4 aromatic rings. The van der Waals surface area contributed by atoms with Gasteiger partial charge in [-0.3, -0.25) is 14.4 Å². The largest absolute Gasteiger partial charge is 0.481 e. The molecule has 2 atom stereocenters. The average molecular weight is 827 g/mol. The Balaban J connectivity index is 1.47. The zero-order chi connectivity index (χ0) is 42.4. The lowest BCUT2D eigenvalue weighted by molar-refractivity contribution is -0.128. The second kappa shape index (κ2) is 20.4. The number of alkyl carbamates (subject to hydrolysis) is 1. The minimum atomic E-state index is -3.99. The van der Waals surface area contributed by atoms with E-state index in [1.807, 2.05) is 42.5 Å². The first kappa shape index (κ1) is 43.8. The summed E-state index contributed by atoms with van der Waals surface area (Å²) < 4.78 is 44.7. The smallest absolute Gasteiger partial charge is 0.408 e. The van der Waals surface area contributed by atoms with Crippen LogP contribution < -0.4 is 30.1 Å². The van der Waals surface area contributed by atoms with E-state index >= 15 is 0 Å². The van der Waals surface area contributed by atoms with Crippen molar-refractivity contribution in [3.05, 3.63) is 108 Å². The number of rotatable bonds is 6. The van der Waals surface area contributed by atoms with E-state index in [1.165, 1.54) is 31.4 Å². The molecular formula is C43H50N6O9S. The Morgan fingerprint density at radius 1 is 0.814 bits per heavy atom. The normalized spacial score (nSPS) is 18.9. The lowest BCUT2D eigenvalue weighted by atomic mass is 10.0. The average Bonchev–Trinajstić information content (AvgIpc) is 3.19. The Hall–Kier alpha value is -6.29. The number of carbonyl (C=O) groups is 4. The van der Waals surface area contributed by atoms with Crippen LogP contribution in [0.5, 0.6) is 17.5 Å². The number of aromatic nitrogens is 2. The summed E-state index contributed by atoms with van der Waals surface area (Å²) in [6, 6.07) is 20.6. The molecule has 0 saturated heterocycles. The van der Waals surface area contributed by atoms with Gasteiger partial charge in [0, 0.05) is 5.56 Å². The number of hydrogen-bond donors (Lipinski definition) is 4. The summed E-state index contributed by atoms with van der Waals surface area (Å²) in [7, 11) is -2.51. The van der Waals surface area contributed by atoms with Gasteiger partial charge in [-0.2, -0.15) is 9.97 Å². The summed E-state index contributed by atoms with van der Waals surface area (Å²) in [6.07, 6.45) is 6.97. The Morgan fingerprint density at radius 3 is 2.20 bits per heavy atom. The zero-order valence-corrected chi connectivity index (χ0v) is 34.3. The molecule has 0 aliphatic carbocycles. The van der Waals surface area contributed by atoms with E-state index in [9.17, 15) is 27.6 Å². The molecule has 5 rings (SSSR count). The van der Waals surface area contributed by atoms with Crippen LogP contribution in [0.15, 0.2) is 97.1 Å². The van der Waals surface area contributed by atoms with E-state index in [2.05, 4.69) is 30.6 Å². The van der Waals surface area contributed by atoms with E-state index in [4.69, 9.17) is 14.2 Å². The number of sulfonamides is 1. The van der Waals surface area contributed by atoms with Crippen molar-refractivity contribution in [1.82, 2.24) is 25.3 Å². The molecule has 4 N–H and O–H groups in total. The Kier molecular flexibility index (Phi) is 15.2. The maximum atomic E-state index is 14.3. The maximum absolute atomic E-state index is 14.3. The van der Waals surface area contributed by atoms with Gasteiger partial charge in [-0.1, -0.05) is 79.6 Å². The minimum Gasteiger partial charge on any atom is -0.481 e. The van der Waals surface area contributed by atoms with E-state index in [0.29, 0.717) is 36.4 Å². The Bertz CT molecular complexity index is 2230. The number of benzene rings is 3. The highest BCUT2D eigenvalue weighted by Crippen LogP contribution is 2.28. The van der Waals surface area contributed by atoms with E-state index in [0.717, 1.165) is 24.8 Å². The molecule has 0 fully saturated rings. The first-order valence-electron chi connectivity index (χ1n) is 19.4. The van der Waals surface area contributed by atoms with Crippen LogP contribution in [0, 0.1) is 0 Å². The van der Waals surface area contributed by atoms with Crippen molar-refractivity contribution >= 4 is 39.5 Å². The van der Waals surface area contributed by atoms with Crippen LogP contribution in [-0.4, -0.2) is 66.7 Å². The molecule has 0 saturated carbocycles. The first-order chi connectivity index (χ1) is 28.2. The highest BCUT2D eigenvalue weighted by Gasteiger charge is 2.30. The van der Waals surface area contributed by atoms with Crippen LogP contribution in [0.3, 0.4) is 0 Å². The summed E-state index contributed by atoms with van der Waals surface area (Å²) in [5.41, 5.74) is 0.138. The fourth-order valence-corrected chi connectivity index (χ4v) is 7.09. The lowest BCUT2D eigenvalue weighted by Gasteiger charge is -2.26. The van der Waals surface area contributed by atoms with Gasteiger partial charge in [0.25, 0.3) is 11.8 Å². The highest BCUT2D eigenvalue weighted by molar-refractivity contribution is 7.90.